The van der Waals surface area contributed by atoms with Gasteiger partial charge in [0.2, 0.25) is 0 Å². The average Bonchev–Trinajstić information content (AvgIpc) is 2.90. The highest BCUT2D eigenvalue weighted by atomic mass is 35.5. The van der Waals surface area contributed by atoms with Crippen LogP contribution in [0.2, 0.25) is 5.02 Å². The van der Waals surface area contributed by atoms with Crippen molar-refractivity contribution in [3.63, 3.8) is 0 Å². The van der Waals surface area contributed by atoms with Crippen LogP contribution in [0.5, 0.6) is 5.75 Å². The van der Waals surface area contributed by atoms with Crippen LogP contribution in [0.1, 0.15) is 11.5 Å². The van der Waals surface area contributed by atoms with Gasteiger partial charge in [0.1, 0.15) is 28.9 Å². The van der Waals surface area contributed by atoms with Crippen molar-refractivity contribution >= 4 is 29.3 Å². The maximum atomic E-state index is 12.1. The van der Waals surface area contributed by atoms with Crippen LogP contribution in [0.4, 0.5) is 5.69 Å². The van der Waals surface area contributed by atoms with Gasteiger partial charge in [0.05, 0.1) is 12.1 Å². The first-order valence-electron chi connectivity index (χ1n) is 6.36. The number of nitrogens with zero attached hydrogens (tertiary/aromatic N) is 1. The summed E-state index contributed by atoms with van der Waals surface area (Å²) in [7, 11) is 1.50. The summed E-state index contributed by atoms with van der Waals surface area (Å²) in [4.78, 5) is 12.1. The van der Waals surface area contributed by atoms with E-state index >= 15 is 0 Å². The van der Waals surface area contributed by atoms with Crippen molar-refractivity contribution in [3.05, 3.63) is 52.4 Å². The molecular weight excluding hydrogens is 304 g/mol. The fraction of sp³-hybridized carbons (Fsp3) is 0.125. The molecule has 0 saturated heterocycles. The Hall–Kier alpha value is -2.71. The van der Waals surface area contributed by atoms with Gasteiger partial charge in [0.15, 0.2) is 0 Å². The lowest BCUT2D eigenvalue weighted by Crippen LogP contribution is -2.13. The van der Waals surface area contributed by atoms with E-state index in [-0.39, 0.29) is 5.57 Å². The number of furan rings is 1. The topological polar surface area (TPSA) is 75.3 Å². The largest absolute Gasteiger partial charge is 0.495 e. The number of carbonyl (C=O) groups is 1. The van der Waals surface area contributed by atoms with Crippen molar-refractivity contribution in [3.8, 4) is 11.8 Å². The summed E-state index contributed by atoms with van der Waals surface area (Å²) in [6.07, 6.45) is 1.38. The van der Waals surface area contributed by atoms with E-state index in [1.165, 1.54) is 13.2 Å². The van der Waals surface area contributed by atoms with Gasteiger partial charge < -0.3 is 14.5 Å². The molecule has 0 fully saturated rings. The molecule has 1 N–H and O–H groups in total. The van der Waals surface area contributed by atoms with Crippen molar-refractivity contribution in [1.29, 1.82) is 5.26 Å². The third kappa shape index (κ3) is 3.68. The minimum Gasteiger partial charge on any atom is -0.495 e. The van der Waals surface area contributed by atoms with E-state index in [0.29, 0.717) is 28.0 Å². The Kier molecular flexibility index (Phi) is 4.87. The molecule has 0 aliphatic heterocycles. The zero-order chi connectivity index (χ0) is 16.1. The second-order valence-electron chi connectivity index (χ2n) is 4.42. The van der Waals surface area contributed by atoms with Gasteiger partial charge in [0.25, 0.3) is 5.91 Å². The van der Waals surface area contributed by atoms with Crippen LogP contribution in [-0.2, 0) is 4.79 Å². The van der Waals surface area contributed by atoms with Crippen LogP contribution in [0.3, 0.4) is 0 Å². The molecule has 22 heavy (non-hydrogen) atoms. The Balaban J connectivity index is 2.18. The van der Waals surface area contributed by atoms with Crippen LogP contribution in [0.25, 0.3) is 6.08 Å². The molecule has 1 aromatic heterocycles. The molecular formula is C16H13ClN2O3. The molecule has 1 heterocycles. The van der Waals surface area contributed by atoms with Gasteiger partial charge in [-0.1, -0.05) is 11.6 Å². The van der Waals surface area contributed by atoms with Gasteiger partial charge in [-0.25, -0.2) is 0 Å². The molecule has 112 valence electrons. The summed E-state index contributed by atoms with van der Waals surface area (Å²) in [5, 5.41) is 12.1. The first-order chi connectivity index (χ1) is 10.5. The molecule has 0 spiro atoms. The third-order valence-electron chi connectivity index (χ3n) is 2.82. The number of ether oxygens (including phenoxy) is 1. The number of carbonyl (C=O) groups excluding carboxylic acids is 1. The highest BCUT2D eigenvalue weighted by Gasteiger charge is 2.11. The first-order valence-corrected chi connectivity index (χ1v) is 6.74. The summed E-state index contributed by atoms with van der Waals surface area (Å²) >= 11 is 5.99. The van der Waals surface area contributed by atoms with Crippen LogP contribution in [-0.4, -0.2) is 13.0 Å². The summed E-state index contributed by atoms with van der Waals surface area (Å²) in [5.41, 5.74) is 0.397. The van der Waals surface area contributed by atoms with Crippen molar-refractivity contribution in [2.24, 2.45) is 0 Å². The molecule has 0 aliphatic carbocycles. The standard InChI is InChI=1S/C16H13ClN2O3/c1-10-3-5-13(22-10)7-11(9-18)16(20)19-12-4-6-15(21-2)14(17)8-12/h3-8H,1-2H3,(H,19,20)/b11-7+. The number of amides is 1. The number of nitriles is 1. The van der Waals surface area contributed by atoms with E-state index < -0.39 is 5.91 Å². The number of benzene rings is 1. The number of nitrogens with one attached hydrogen (secondary N) is 1. The van der Waals surface area contributed by atoms with E-state index in [1.54, 1.807) is 37.3 Å². The lowest BCUT2D eigenvalue weighted by molar-refractivity contribution is -0.112. The van der Waals surface area contributed by atoms with Gasteiger partial charge in [-0.15, -0.1) is 0 Å². The molecule has 0 atom stereocenters. The van der Waals surface area contributed by atoms with Crippen molar-refractivity contribution in [2.45, 2.75) is 6.92 Å². The fourth-order valence-electron chi connectivity index (χ4n) is 1.76. The SMILES string of the molecule is COc1ccc(NC(=O)/C(C#N)=C/c2ccc(C)o2)cc1Cl. The predicted octanol–water partition coefficient (Wildman–Crippen LogP) is 3.80. The summed E-state index contributed by atoms with van der Waals surface area (Å²) in [5.74, 6) is 1.10. The van der Waals surface area contributed by atoms with E-state index in [2.05, 4.69) is 5.32 Å². The number of anilines is 1. The van der Waals surface area contributed by atoms with E-state index in [0.717, 1.165) is 0 Å². The maximum Gasteiger partial charge on any atom is 0.266 e. The quantitative estimate of drug-likeness (QED) is 0.687. The molecule has 0 bridgehead atoms. The molecule has 1 amide bonds. The highest BCUT2D eigenvalue weighted by Crippen LogP contribution is 2.27. The average molecular weight is 317 g/mol. The lowest BCUT2D eigenvalue weighted by atomic mass is 10.2. The Bertz CT molecular complexity index is 772. The number of aryl methyl sites for hydroxylation is 1. The minimum absolute atomic E-state index is 0.0682. The number of hydrogen-bond acceptors (Lipinski definition) is 4. The van der Waals surface area contributed by atoms with Gasteiger partial charge in [-0.05, 0) is 37.3 Å². The highest BCUT2D eigenvalue weighted by molar-refractivity contribution is 6.32. The van der Waals surface area contributed by atoms with E-state index in [9.17, 15) is 4.79 Å². The van der Waals surface area contributed by atoms with Crippen LogP contribution >= 0.6 is 11.6 Å². The zero-order valence-electron chi connectivity index (χ0n) is 12.0. The molecule has 2 aromatic rings. The summed E-state index contributed by atoms with van der Waals surface area (Å²) < 4.78 is 10.4. The minimum atomic E-state index is -0.544. The van der Waals surface area contributed by atoms with Crippen LogP contribution in [0.15, 0.2) is 40.3 Å². The molecule has 1 aromatic carbocycles. The number of methoxy groups -OCH3 is 1. The molecule has 0 unspecified atom stereocenters. The fourth-order valence-corrected chi connectivity index (χ4v) is 2.02. The first kappa shape index (κ1) is 15.7. The molecule has 6 heteroatoms. The molecule has 0 saturated carbocycles. The van der Waals surface area contributed by atoms with Gasteiger partial charge >= 0.3 is 0 Å². The normalized spacial score (nSPS) is 10.9. The lowest BCUT2D eigenvalue weighted by Gasteiger charge is -2.07. The molecule has 0 aliphatic rings. The van der Waals surface area contributed by atoms with E-state index in [4.69, 9.17) is 26.0 Å². The summed E-state index contributed by atoms with van der Waals surface area (Å²) in [6.45, 7) is 1.78. The van der Waals surface area contributed by atoms with Crippen LogP contribution in [0, 0.1) is 18.3 Å². The van der Waals surface area contributed by atoms with E-state index in [1.807, 2.05) is 6.07 Å². The van der Waals surface area contributed by atoms with Gasteiger partial charge in [0, 0.05) is 11.8 Å². The van der Waals surface area contributed by atoms with Crippen LogP contribution < -0.4 is 10.1 Å². The number of rotatable bonds is 4. The number of hydrogen-bond donors (Lipinski definition) is 1. The Morgan fingerprint density at radius 2 is 2.18 bits per heavy atom. The Labute approximate surface area is 132 Å². The Morgan fingerprint density at radius 3 is 2.73 bits per heavy atom. The van der Waals surface area contributed by atoms with Crippen molar-refractivity contribution in [1.82, 2.24) is 0 Å². The van der Waals surface area contributed by atoms with Crippen molar-refractivity contribution in [2.75, 3.05) is 12.4 Å². The zero-order valence-corrected chi connectivity index (χ0v) is 12.8. The molecule has 5 nitrogen and oxygen atoms in total. The van der Waals surface area contributed by atoms with Gasteiger partial charge in [-0.2, -0.15) is 5.26 Å². The monoisotopic (exact) mass is 316 g/mol. The second-order valence-corrected chi connectivity index (χ2v) is 4.83. The smallest absolute Gasteiger partial charge is 0.266 e. The molecule has 2 rings (SSSR count). The number of halogens is 1. The Morgan fingerprint density at radius 1 is 1.41 bits per heavy atom. The third-order valence-corrected chi connectivity index (χ3v) is 3.12. The van der Waals surface area contributed by atoms with Gasteiger partial charge in [-0.3, -0.25) is 4.79 Å². The maximum absolute atomic E-state index is 12.1. The predicted molar refractivity (Wildman–Crippen MR) is 83.7 cm³/mol. The second kappa shape index (κ2) is 6.83. The van der Waals surface area contributed by atoms with Crippen molar-refractivity contribution < 1.29 is 13.9 Å². The molecule has 0 radical (unpaired) electrons. The summed E-state index contributed by atoms with van der Waals surface area (Å²) in [6, 6.07) is 10.1.